The summed E-state index contributed by atoms with van der Waals surface area (Å²) in [5.41, 5.74) is 4.04. The van der Waals surface area contributed by atoms with Crippen molar-refractivity contribution < 1.29 is 19.0 Å². The van der Waals surface area contributed by atoms with E-state index in [0.717, 1.165) is 46.4 Å². The van der Waals surface area contributed by atoms with E-state index in [1.807, 2.05) is 19.1 Å². The Morgan fingerprint density at radius 1 is 1.32 bits per heavy atom. The average molecular weight is 363 g/mol. The maximum absolute atomic E-state index is 11.7. The maximum Gasteiger partial charge on any atom is 0.336 e. The Bertz CT molecular complexity index is 887. The van der Waals surface area contributed by atoms with Crippen LogP contribution in [0.15, 0.2) is 33.5 Å². The molecule has 0 bridgehead atoms. The van der Waals surface area contributed by atoms with Crippen molar-refractivity contribution in [1.82, 2.24) is 0 Å². The normalized spacial score (nSPS) is 16.0. The summed E-state index contributed by atoms with van der Waals surface area (Å²) in [5, 5.41) is 13.0. The first kappa shape index (κ1) is 18.0. The quantitative estimate of drug-likeness (QED) is 0.281. The molecule has 0 aliphatic carbocycles. The van der Waals surface area contributed by atoms with Crippen molar-refractivity contribution in [1.29, 1.82) is 0 Å². The zero-order valence-corrected chi connectivity index (χ0v) is 15.5. The predicted molar refractivity (Wildman–Crippen MR) is 99.6 cm³/mol. The summed E-state index contributed by atoms with van der Waals surface area (Å²) in [6.07, 6.45) is 2.19. The van der Waals surface area contributed by atoms with E-state index in [4.69, 9.17) is 9.67 Å². The summed E-state index contributed by atoms with van der Waals surface area (Å²) in [4.78, 5) is 14.0. The van der Waals surface area contributed by atoms with Gasteiger partial charge in [-0.1, -0.05) is 11.1 Å². The Labute approximate surface area is 150 Å². The summed E-state index contributed by atoms with van der Waals surface area (Å²) in [6.45, 7) is 9.07. The van der Waals surface area contributed by atoms with Crippen molar-refractivity contribution in [3.63, 3.8) is 0 Å². The Morgan fingerprint density at radius 2 is 2.08 bits per heavy atom. The minimum absolute atomic E-state index is 0.213. The van der Waals surface area contributed by atoms with Gasteiger partial charge >= 0.3 is 5.63 Å². The molecule has 0 fully saturated rings. The van der Waals surface area contributed by atoms with Crippen LogP contribution in [0.25, 0.3) is 16.5 Å². The lowest BCUT2D eigenvalue weighted by Crippen LogP contribution is -2.45. The molecule has 3 rings (SSSR count). The van der Waals surface area contributed by atoms with Crippen LogP contribution in [0.4, 0.5) is 5.69 Å². The highest BCUT2D eigenvalue weighted by Crippen LogP contribution is 2.42. The standard InChI is InChI=1S/C18H21NO5S/c1-5-19-15-8-16-13(11(2)6-17(20)22-16)7-14(15)12(9-18(19,3)4)10-25-24-23-21/h6-9,21H,5,10H2,1-4H3. The van der Waals surface area contributed by atoms with Gasteiger partial charge in [0.15, 0.2) is 0 Å². The molecule has 134 valence electrons. The first-order chi connectivity index (χ1) is 11.9. The third kappa shape index (κ3) is 3.32. The summed E-state index contributed by atoms with van der Waals surface area (Å²) in [6, 6.07) is 5.48. The fourth-order valence-electron chi connectivity index (χ4n) is 3.53. The summed E-state index contributed by atoms with van der Waals surface area (Å²) in [5.74, 6) is 0.510. The Morgan fingerprint density at radius 3 is 2.76 bits per heavy atom. The van der Waals surface area contributed by atoms with E-state index >= 15 is 0 Å². The van der Waals surface area contributed by atoms with Gasteiger partial charge in [0.25, 0.3) is 0 Å². The molecular formula is C18H21NO5S. The van der Waals surface area contributed by atoms with E-state index in [1.54, 1.807) is 0 Å². The average Bonchev–Trinajstić information content (AvgIpc) is 2.53. The fraction of sp³-hybridized carbons (Fsp3) is 0.389. The molecule has 0 amide bonds. The SMILES string of the molecule is CCN1c2cc3oc(=O)cc(C)c3cc2C(CSOOO)=CC1(C)C. The van der Waals surface area contributed by atoms with Gasteiger partial charge < -0.3 is 9.32 Å². The largest absolute Gasteiger partial charge is 0.423 e. The van der Waals surface area contributed by atoms with Crippen LogP contribution < -0.4 is 10.5 Å². The molecule has 6 nitrogen and oxygen atoms in total. The lowest BCUT2D eigenvalue weighted by Gasteiger charge is -2.43. The molecule has 0 spiro atoms. The Kier molecular flexibility index (Phi) is 4.92. The number of anilines is 1. The van der Waals surface area contributed by atoms with Crippen molar-refractivity contribution in [3.8, 4) is 0 Å². The number of aryl methyl sites for hydroxylation is 1. The second-order valence-electron chi connectivity index (χ2n) is 6.59. The van der Waals surface area contributed by atoms with Gasteiger partial charge in [0.05, 0.1) is 5.54 Å². The van der Waals surface area contributed by atoms with Crippen LogP contribution in [0, 0.1) is 6.92 Å². The monoisotopic (exact) mass is 363 g/mol. The van der Waals surface area contributed by atoms with E-state index < -0.39 is 0 Å². The number of fused-ring (bicyclic) bond motifs is 2. The molecule has 1 aliphatic rings. The number of rotatable bonds is 5. The van der Waals surface area contributed by atoms with Gasteiger partial charge in [0.2, 0.25) is 0 Å². The number of hydrogen-bond donors (Lipinski definition) is 1. The molecule has 7 heteroatoms. The zero-order valence-electron chi connectivity index (χ0n) is 14.7. The van der Waals surface area contributed by atoms with E-state index in [2.05, 4.69) is 41.1 Å². The molecule has 0 saturated heterocycles. The number of nitrogens with zero attached hydrogens (tertiary/aromatic N) is 1. The van der Waals surface area contributed by atoms with Gasteiger partial charge in [-0.2, -0.15) is 0 Å². The van der Waals surface area contributed by atoms with Gasteiger partial charge in [-0.25, -0.2) is 10.1 Å². The molecule has 25 heavy (non-hydrogen) atoms. The lowest BCUT2D eigenvalue weighted by molar-refractivity contribution is -0.432. The molecule has 0 atom stereocenters. The minimum Gasteiger partial charge on any atom is -0.423 e. The van der Waals surface area contributed by atoms with E-state index in [9.17, 15) is 4.79 Å². The highest BCUT2D eigenvalue weighted by Gasteiger charge is 2.32. The van der Waals surface area contributed by atoms with Crippen LogP contribution >= 0.6 is 12.0 Å². The van der Waals surface area contributed by atoms with Crippen molar-refractivity contribution in [2.45, 2.75) is 33.2 Å². The van der Waals surface area contributed by atoms with Crippen LogP contribution in [0.1, 0.15) is 31.9 Å². The molecule has 0 unspecified atom stereocenters. The molecule has 1 N–H and O–H groups in total. The van der Waals surface area contributed by atoms with Crippen LogP contribution in [0.2, 0.25) is 0 Å². The topological polar surface area (TPSA) is 72.1 Å². The highest BCUT2D eigenvalue weighted by atomic mass is 32.2. The number of likely N-dealkylation sites (N-methyl/N-ethyl adjacent to an activating group) is 1. The van der Waals surface area contributed by atoms with Crippen molar-refractivity contribution >= 4 is 34.3 Å². The Balaban J connectivity index is 2.21. The second kappa shape index (κ2) is 6.84. The van der Waals surface area contributed by atoms with E-state index in [-0.39, 0.29) is 11.2 Å². The van der Waals surface area contributed by atoms with Gasteiger partial charge in [-0.3, -0.25) is 0 Å². The second-order valence-corrected chi connectivity index (χ2v) is 7.25. The number of hydrogen-bond acceptors (Lipinski definition) is 7. The lowest BCUT2D eigenvalue weighted by atomic mass is 9.87. The minimum atomic E-state index is -0.345. The van der Waals surface area contributed by atoms with Crippen LogP contribution in [-0.2, 0) is 9.37 Å². The molecule has 1 aliphatic heterocycles. The van der Waals surface area contributed by atoms with Gasteiger partial charge in [-0.05, 0) is 44.9 Å². The predicted octanol–water partition coefficient (Wildman–Crippen LogP) is 4.17. The van der Waals surface area contributed by atoms with Crippen molar-refractivity contribution in [3.05, 3.63) is 45.8 Å². The molecule has 2 heterocycles. The smallest absolute Gasteiger partial charge is 0.336 e. The van der Waals surface area contributed by atoms with Crippen molar-refractivity contribution in [2.75, 3.05) is 17.2 Å². The molecule has 1 aromatic heterocycles. The van der Waals surface area contributed by atoms with Crippen LogP contribution in [0.5, 0.6) is 0 Å². The molecule has 1 aromatic carbocycles. The zero-order chi connectivity index (χ0) is 18.2. The van der Waals surface area contributed by atoms with Crippen molar-refractivity contribution in [2.24, 2.45) is 0 Å². The number of benzene rings is 1. The van der Waals surface area contributed by atoms with Gasteiger partial charge in [0, 0.05) is 53.1 Å². The first-order valence-corrected chi connectivity index (χ1v) is 8.96. The fourth-order valence-corrected chi connectivity index (χ4v) is 3.99. The Hall–Kier alpha value is -1.80. The van der Waals surface area contributed by atoms with Gasteiger partial charge in [-0.15, -0.1) is 4.33 Å². The van der Waals surface area contributed by atoms with Crippen LogP contribution in [-0.4, -0.2) is 23.1 Å². The third-order valence-corrected chi connectivity index (χ3v) is 5.12. The summed E-state index contributed by atoms with van der Waals surface area (Å²) in [7, 11) is 0. The molecule has 0 radical (unpaired) electrons. The molecule has 0 saturated carbocycles. The summed E-state index contributed by atoms with van der Waals surface area (Å²) >= 11 is 1.01. The first-order valence-electron chi connectivity index (χ1n) is 8.05. The highest BCUT2D eigenvalue weighted by molar-refractivity contribution is 7.95. The molecular weight excluding hydrogens is 342 g/mol. The maximum atomic E-state index is 11.7. The summed E-state index contributed by atoms with van der Waals surface area (Å²) < 4.78 is 9.98. The van der Waals surface area contributed by atoms with Gasteiger partial charge in [0.1, 0.15) is 5.58 Å². The third-order valence-electron chi connectivity index (χ3n) is 4.54. The molecule has 2 aromatic rings. The van der Waals surface area contributed by atoms with E-state index in [1.165, 1.54) is 6.07 Å². The van der Waals surface area contributed by atoms with Crippen LogP contribution in [0.3, 0.4) is 0 Å². The van der Waals surface area contributed by atoms with E-state index in [0.29, 0.717) is 11.3 Å².